The van der Waals surface area contributed by atoms with Crippen LogP contribution in [0.5, 0.6) is 0 Å². The number of nitro groups is 1. The Morgan fingerprint density at radius 3 is 2.47 bits per heavy atom. The average Bonchev–Trinajstić information content (AvgIpc) is 3.45. The number of carbonyl (C=O) groups is 1. The van der Waals surface area contributed by atoms with Crippen LogP contribution >= 0.6 is 0 Å². The van der Waals surface area contributed by atoms with Crippen LogP contribution in [0.2, 0.25) is 0 Å². The van der Waals surface area contributed by atoms with Gasteiger partial charge in [0.05, 0.1) is 11.1 Å². The molecule has 2 aromatic heterocycles. The lowest BCUT2D eigenvalue weighted by Gasteiger charge is -2.11. The van der Waals surface area contributed by atoms with E-state index in [1.165, 1.54) is 30.5 Å². The predicted octanol–water partition coefficient (Wildman–Crippen LogP) is 1.64. The second kappa shape index (κ2) is 9.15. The molecule has 3 N–H and O–H groups in total. The van der Waals surface area contributed by atoms with Crippen LogP contribution in [0.1, 0.15) is 16.1 Å². The van der Waals surface area contributed by atoms with E-state index in [4.69, 9.17) is 5.73 Å². The number of anilines is 2. The molecule has 0 fully saturated rings. The zero-order valence-electron chi connectivity index (χ0n) is 18.0. The number of nitrogens with two attached hydrogens (primary N) is 1. The van der Waals surface area contributed by atoms with E-state index >= 15 is 0 Å². The summed E-state index contributed by atoms with van der Waals surface area (Å²) in [6, 6.07) is 13.0. The highest BCUT2D eigenvalue weighted by molar-refractivity contribution is 5.98. The zero-order chi connectivity index (χ0) is 24.2. The molecule has 0 aliphatic heterocycles. The Morgan fingerprint density at radius 1 is 1.18 bits per heavy atom. The van der Waals surface area contributed by atoms with Gasteiger partial charge in [-0.05, 0) is 40.1 Å². The monoisotopic (exact) mass is 462 g/mol. The van der Waals surface area contributed by atoms with Crippen molar-refractivity contribution < 1.29 is 14.3 Å². The molecular weight excluding hydrogens is 444 g/mol. The first-order valence-corrected chi connectivity index (χ1v) is 9.75. The predicted molar refractivity (Wildman–Crippen MR) is 122 cm³/mol. The number of amides is 1. The van der Waals surface area contributed by atoms with Crippen molar-refractivity contribution in [1.82, 2.24) is 30.7 Å². The second-order valence-corrected chi connectivity index (χ2v) is 7.16. The molecule has 0 bridgehead atoms. The number of non-ortho nitro benzene ring substituents is 1. The number of nitro benzene ring substituents is 1. The van der Waals surface area contributed by atoms with Gasteiger partial charge in [-0.15, -0.1) is 5.10 Å². The molecule has 0 radical (unpaired) electrons. The Morgan fingerprint density at radius 2 is 1.88 bits per heavy atom. The maximum atomic E-state index is 12.9. The van der Waals surface area contributed by atoms with Crippen LogP contribution < -0.4 is 16.1 Å². The van der Waals surface area contributed by atoms with Gasteiger partial charge in [-0.2, -0.15) is 9.78 Å². The van der Waals surface area contributed by atoms with Crippen molar-refractivity contribution in [2.75, 3.05) is 24.7 Å². The van der Waals surface area contributed by atoms with E-state index in [1.807, 2.05) is 43.3 Å². The van der Waals surface area contributed by atoms with E-state index < -0.39 is 10.8 Å². The standard InChI is InChI=1S/C20H18N10O4/c1-28(2)14-7-3-12(4-8-14)11-22-24-20(31)16-17(13-5-9-15(10-6-13)30(32)33)29(27-23-16)19-18(21)25-34-26-19/h3-11H,1-2H3,(H2,21,25)(H,24,31). The second-order valence-electron chi connectivity index (χ2n) is 7.16. The fraction of sp³-hybridized carbons (Fsp3) is 0.100. The normalized spacial score (nSPS) is 11.0. The summed E-state index contributed by atoms with van der Waals surface area (Å²) in [6.45, 7) is 0. The quantitative estimate of drug-likeness (QED) is 0.232. The van der Waals surface area contributed by atoms with E-state index in [1.54, 1.807) is 0 Å². The number of hydrogen-bond acceptors (Lipinski definition) is 11. The summed E-state index contributed by atoms with van der Waals surface area (Å²) in [4.78, 5) is 25.3. The maximum Gasteiger partial charge on any atom is 0.294 e. The number of rotatable bonds is 7. The number of hydrogen-bond donors (Lipinski definition) is 2. The van der Waals surface area contributed by atoms with E-state index in [0.717, 1.165) is 15.9 Å². The van der Waals surface area contributed by atoms with Gasteiger partial charge in [-0.25, -0.2) is 10.1 Å². The maximum absolute atomic E-state index is 12.9. The largest absolute Gasteiger partial charge is 0.378 e. The Hall–Kier alpha value is -5.14. The van der Waals surface area contributed by atoms with Crippen LogP contribution in [0.3, 0.4) is 0 Å². The van der Waals surface area contributed by atoms with Crippen LogP contribution in [-0.2, 0) is 0 Å². The number of aromatic nitrogens is 5. The third-order valence-corrected chi connectivity index (χ3v) is 4.72. The minimum absolute atomic E-state index is 0.00406. The number of nitrogens with zero attached hydrogens (tertiary/aromatic N) is 8. The lowest BCUT2D eigenvalue weighted by molar-refractivity contribution is -0.384. The molecule has 14 nitrogen and oxygen atoms in total. The summed E-state index contributed by atoms with van der Waals surface area (Å²) in [7, 11) is 3.86. The summed E-state index contributed by atoms with van der Waals surface area (Å²) >= 11 is 0. The number of carbonyl (C=O) groups excluding carboxylic acids is 1. The lowest BCUT2D eigenvalue weighted by atomic mass is 10.1. The Labute approximate surface area is 191 Å². The summed E-state index contributed by atoms with van der Waals surface area (Å²) in [5.41, 5.74) is 10.3. The van der Waals surface area contributed by atoms with Gasteiger partial charge in [0.25, 0.3) is 11.6 Å². The Bertz CT molecular complexity index is 1360. The third-order valence-electron chi connectivity index (χ3n) is 4.72. The Kier molecular flexibility index (Phi) is 5.94. The van der Waals surface area contributed by atoms with E-state index in [9.17, 15) is 14.9 Å². The molecule has 172 valence electrons. The van der Waals surface area contributed by atoms with Gasteiger partial charge in [0.2, 0.25) is 11.6 Å². The zero-order valence-corrected chi connectivity index (χ0v) is 18.0. The van der Waals surface area contributed by atoms with Crippen molar-refractivity contribution in [1.29, 1.82) is 0 Å². The summed E-state index contributed by atoms with van der Waals surface area (Å²) in [5.74, 6) is -0.751. The SMILES string of the molecule is CN(C)c1ccc(C=NNC(=O)c2nnn(-c3nonc3N)c2-c2ccc([N+](=O)[O-])cc2)cc1. The average molecular weight is 462 g/mol. The molecule has 14 heteroatoms. The van der Waals surface area contributed by atoms with Crippen molar-refractivity contribution in [3.05, 3.63) is 69.9 Å². The Balaban J connectivity index is 1.64. The molecule has 0 saturated heterocycles. The number of benzene rings is 2. The van der Waals surface area contributed by atoms with Crippen LogP contribution in [0.4, 0.5) is 17.2 Å². The van der Waals surface area contributed by atoms with Crippen molar-refractivity contribution in [2.45, 2.75) is 0 Å². The molecule has 0 saturated carbocycles. The van der Waals surface area contributed by atoms with Gasteiger partial charge in [0, 0.05) is 37.5 Å². The first-order valence-electron chi connectivity index (χ1n) is 9.75. The first kappa shape index (κ1) is 22.1. The fourth-order valence-corrected chi connectivity index (χ4v) is 3.00. The van der Waals surface area contributed by atoms with Crippen LogP contribution in [-0.4, -0.2) is 56.4 Å². The van der Waals surface area contributed by atoms with Gasteiger partial charge >= 0.3 is 0 Å². The molecule has 2 aromatic carbocycles. The molecule has 0 atom stereocenters. The molecule has 0 spiro atoms. The van der Waals surface area contributed by atoms with Crippen molar-refractivity contribution >= 4 is 29.3 Å². The number of nitrogens with one attached hydrogen (secondary N) is 1. The van der Waals surface area contributed by atoms with E-state index in [-0.39, 0.29) is 28.7 Å². The molecule has 1 amide bonds. The minimum Gasteiger partial charge on any atom is -0.378 e. The van der Waals surface area contributed by atoms with Gasteiger partial charge in [-0.3, -0.25) is 14.9 Å². The highest BCUT2D eigenvalue weighted by atomic mass is 16.6. The summed E-state index contributed by atoms with van der Waals surface area (Å²) < 4.78 is 5.78. The summed E-state index contributed by atoms with van der Waals surface area (Å²) in [5, 5.41) is 30.0. The fourth-order valence-electron chi connectivity index (χ4n) is 3.00. The van der Waals surface area contributed by atoms with Gasteiger partial charge in [0.15, 0.2) is 5.69 Å². The smallest absolute Gasteiger partial charge is 0.294 e. The van der Waals surface area contributed by atoms with Gasteiger partial charge < -0.3 is 10.6 Å². The van der Waals surface area contributed by atoms with Gasteiger partial charge in [0.1, 0.15) is 5.69 Å². The van der Waals surface area contributed by atoms with E-state index in [0.29, 0.717) is 5.56 Å². The van der Waals surface area contributed by atoms with Crippen LogP contribution in [0.15, 0.2) is 58.3 Å². The van der Waals surface area contributed by atoms with Crippen molar-refractivity contribution in [2.24, 2.45) is 5.10 Å². The molecule has 4 rings (SSSR count). The molecule has 0 aliphatic carbocycles. The van der Waals surface area contributed by atoms with Crippen LogP contribution in [0.25, 0.3) is 17.1 Å². The first-order chi connectivity index (χ1) is 16.3. The van der Waals surface area contributed by atoms with Crippen LogP contribution in [0, 0.1) is 10.1 Å². The van der Waals surface area contributed by atoms with Crippen molar-refractivity contribution in [3.63, 3.8) is 0 Å². The highest BCUT2D eigenvalue weighted by Crippen LogP contribution is 2.28. The lowest BCUT2D eigenvalue weighted by Crippen LogP contribution is -2.19. The molecule has 2 heterocycles. The minimum atomic E-state index is -0.671. The number of hydrazone groups is 1. The molecular formula is C20H18N10O4. The summed E-state index contributed by atoms with van der Waals surface area (Å²) in [6.07, 6.45) is 1.48. The molecule has 4 aromatic rings. The van der Waals surface area contributed by atoms with E-state index in [2.05, 4.69) is 35.8 Å². The molecule has 34 heavy (non-hydrogen) atoms. The highest BCUT2D eigenvalue weighted by Gasteiger charge is 2.25. The number of nitrogen functional groups attached to an aromatic ring is 1. The molecule has 0 aliphatic rings. The third kappa shape index (κ3) is 4.40. The van der Waals surface area contributed by atoms with Crippen molar-refractivity contribution in [3.8, 4) is 17.1 Å². The van der Waals surface area contributed by atoms with Gasteiger partial charge in [-0.1, -0.05) is 17.3 Å². The topological polar surface area (TPSA) is 183 Å². The molecule has 0 unspecified atom stereocenters.